The summed E-state index contributed by atoms with van der Waals surface area (Å²) in [6, 6.07) is 5.37. The second-order valence-electron chi connectivity index (χ2n) is 2.71. The number of pyridine rings is 1. The molecule has 0 aromatic carbocycles. The topological polar surface area (TPSA) is 35.3 Å². The molecule has 0 fully saturated rings. The molecular weight excluding hydrogens is 202 g/mol. The summed E-state index contributed by atoms with van der Waals surface area (Å²) in [5, 5.41) is 0.557. The molecule has 2 heterocycles. The average molecular weight is 210 g/mol. The summed E-state index contributed by atoms with van der Waals surface area (Å²) in [5.41, 5.74) is 0. The zero-order valence-electron chi connectivity index (χ0n) is 7.31. The van der Waals surface area contributed by atoms with Crippen LogP contribution in [0.4, 0.5) is 0 Å². The first-order valence-corrected chi connectivity index (χ1v) is 4.48. The summed E-state index contributed by atoms with van der Waals surface area (Å²) in [7, 11) is 0. The van der Waals surface area contributed by atoms with Crippen molar-refractivity contribution >= 4 is 11.6 Å². The van der Waals surface area contributed by atoms with Crippen molar-refractivity contribution in [2.45, 2.75) is 6.61 Å². The van der Waals surface area contributed by atoms with E-state index < -0.39 is 0 Å². The molecule has 0 saturated heterocycles. The number of furan rings is 1. The van der Waals surface area contributed by atoms with Gasteiger partial charge in [0.05, 0.1) is 17.5 Å². The summed E-state index contributed by atoms with van der Waals surface area (Å²) >= 11 is 5.74. The Kier molecular flexibility index (Phi) is 2.70. The van der Waals surface area contributed by atoms with E-state index in [1.165, 1.54) is 0 Å². The van der Waals surface area contributed by atoms with Gasteiger partial charge in [0.25, 0.3) is 0 Å². The van der Waals surface area contributed by atoms with Gasteiger partial charge in [0, 0.05) is 12.3 Å². The van der Waals surface area contributed by atoms with E-state index in [2.05, 4.69) is 4.98 Å². The zero-order chi connectivity index (χ0) is 9.80. The molecule has 0 aliphatic heterocycles. The lowest BCUT2D eigenvalue weighted by Crippen LogP contribution is -1.93. The Bertz CT molecular complexity index is 400. The summed E-state index contributed by atoms with van der Waals surface area (Å²) in [6.07, 6.45) is 4.77. The number of hydrogen-bond donors (Lipinski definition) is 0. The van der Waals surface area contributed by atoms with Gasteiger partial charge in [-0.15, -0.1) is 0 Å². The fourth-order valence-corrected chi connectivity index (χ4v) is 1.18. The van der Waals surface area contributed by atoms with Crippen molar-refractivity contribution in [3.63, 3.8) is 0 Å². The van der Waals surface area contributed by atoms with Crippen LogP contribution in [0.2, 0.25) is 5.02 Å². The van der Waals surface area contributed by atoms with Gasteiger partial charge in [-0.3, -0.25) is 4.98 Å². The summed E-state index contributed by atoms with van der Waals surface area (Å²) in [4.78, 5) is 3.90. The third kappa shape index (κ3) is 2.26. The highest BCUT2D eigenvalue weighted by Crippen LogP contribution is 2.16. The second kappa shape index (κ2) is 4.15. The molecule has 4 heteroatoms. The monoisotopic (exact) mass is 209 g/mol. The molecule has 0 amide bonds. The molecule has 0 aliphatic rings. The van der Waals surface area contributed by atoms with Crippen LogP contribution in [-0.2, 0) is 6.61 Å². The van der Waals surface area contributed by atoms with Crippen LogP contribution in [0.1, 0.15) is 5.76 Å². The Hall–Kier alpha value is -1.48. The smallest absolute Gasteiger partial charge is 0.146 e. The van der Waals surface area contributed by atoms with Crippen LogP contribution in [0.3, 0.4) is 0 Å². The van der Waals surface area contributed by atoms with Gasteiger partial charge in [-0.25, -0.2) is 0 Å². The van der Waals surface area contributed by atoms with Crippen molar-refractivity contribution < 1.29 is 9.15 Å². The van der Waals surface area contributed by atoms with Crippen molar-refractivity contribution in [1.29, 1.82) is 0 Å². The van der Waals surface area contributed by atoms with Gasteiger partial charge in [0.1, 0.15) is 18.1 Å². The molecule has 2 rings (SSSR count). The maximum absolute atomic E-state index is 5.74. The van der Waals surface area contributed by atoms with Crippen LogP contribution in [0.5, 0.6) is 5.75 Å². The molecule has 0 unspecified atom stereocenters. The van der Waals surface area contributed by atoms with Crippen molar-refractivity contribution in [2.75, 3.05) is 0 Å². The van der Waals surface area contributed by atoms with Crippen LogP contribution in [0.15, 0.2) is 41.3 Å². The highest BCUT2D eigenvalue weighted by Gasteiger charge is 1.98. The molecule has 72 valence electrons. The summed E-state index contributed by atoms with van der Waals surface area (Å²) < 4.78 is 10.5. The Morgan fingerprint density at radius 2 is 2.36 bits per heavy atom. The van der Waals surface area contributed by atoms with E-state index in [4.69, 9.17) is 20.8 Å². The molecule has 0 bridgehead atoms. The number of nitrogens with zero attached hydrogens (tertiary/aromatic N) is 1. The van der Waals surface area contributed by atoms with Gasteiger partial charge < -0.3 is 9.15 Å². The van der Waals surface area contributed by atoms with Crippen LogP contribution >= 0.6 is 11.6 Å². The van der Waals surface area contributed by atoms with E-state index >= 15 is 0 Å². The zero-order valence-corrected chi connectivity index (χ0v) is 8.07. The number of ether oxygens (including phenoxy) is 1. The van der Waals surface area contributed by atoms with E-state index in [1.54, 1.807) is 24.7 Å². The highest BCUT2D eigenvalue weighted by atomic mass is 35.5. The van der Waals surface area contributed by atoms with E-state index in [-0.39, 0.29) is 0 Å². The molecule has 14 heavy (non-hydrogen) atoms. The molecule has 0 radical (unpaired) electrons. The fraction of sp³-hybridized carbons (Fsp3) is 0.100. The second-order valence-corrected chi connectivity index (χ2v) is 3.14. The van der Waals surface area contributed by atoms with Gasteiger partial charge >= 0.3 is 0 Å². The van der Waals surface area contributed by atoms with Crippen LogP contribution in [0, 0.1) is 0 Å². The standard InChI is InChI=1S/C10H8ClNO2/c11-8-4-10(6-12-5-8)14-7-9-2-1-3-13-9/h1-6H,7H2. The van der Waals surface area contributed by atoms with E-state index in [0.29, 0.717) is 17.4 Å². The normalized spacial score (nSPS) is 10.1. The third-order valence-electron chi connectivity index (χ3n) is 1.64. The van der Waals surface area contributed by atoms with Gasteiger partial charge in [-0.1, -0.05) is 11.6 Å². The van der Waals surface area contributed by atoms with Crippen molar-refractivity contribution in [2.24, 2.45) is 0 Å². The number of hydrogen-bond acceptors (Lipinski definition) is 3. The number of aromatic nitrogens is 1. The summed E-state index contributed by atoms with van der Waals surface area (Å²) in [5.74, 6) is 1.40. The predicted molar refractivity (Wildman–Crippen MR) is 52.3 cm³/mol. The lowest BCUT2D eigenvalue weighted by atomic mass is 10.4. The largest absolute Gasteiger partial charge is 0.484 e. The van der Waals surface area contributed by atoms with Gasteiger partial charge in [0.15, 0.2) is 0 Å². The third-order valence-corrected chi connectivity index (χ3v) is 1.85. The molecule has 0 spiro atoms. The molecule has 0 aliphatic carbocycles. The Morgan fingerprint density at radius 1 is 1.43 bits per heavy atom. The van der Waals surface area contributed by atoms with Crippen LogP contribution in [-0.4, -0.2) is 4.98 Å². The maximum atomic E-state index is 5.74. The Balaban J connectivity index is 1.98. The molecule has 2 aromatic rings. The minimum atomic E-state index is 0.384. The van der Waals surface area contributed by atoms with Crippen molar-refractivity contribution in [1.82, 2.24) is 4.98 Å². The summed E-state index contributed by atoms with van der Waals surface area (Å²) in [6.45, 7) is 0.384. The highest BCUT2D eigenvalue weighted by molar-refractivity contribution is 6.30. The van der Waals surface area contributed by atoms with Gasteiger partial charge in [-0.2, -0.15) is 0 Å². The first-order chi connectivity index (χ1) is 6.84. The van der Waals surface area contributed by atoms with Gasteiger partial charge in [0.2, 0.25) is 0 Å². The van der Waals surface area contributed by atoms with Crippen molar-refractivity contribution in [3.05, 3.63) is 47.6 Å². The Morgan fingerprint density at radius 3 is 3.07 bits per heavy atom. The van der Waals surface area contributed by atoms with E-state index in [9.17, 15) is 0 Å². The Labute approximate surface area is 86.3 Å². The fourth-order valence-electron chi connectivity index (χ4n) is 1.02. The lowest BCUT2D eigenvalue weighted by molar-refractivity contribution is 0.269. The minimum absolute atomic E-state index is 0.384. The minimum Gasteiger partial charge on any atom is -0.484 e. The molecule has 2 aromatic heterocycles. The predicted octanol–water partition coefficient (Wildman–Crippen LogP) is 2.91. The first kappa shape index (κ1) is 9.09. The van der Waals surface area contributed by atoms with E-state index in [0.717, 1.165) is 5.76 Å². The molecule has 0 atom stereocenters. The average Bonchev–Trinajstić information content (AvgIpc) is 2.67. The molecule has 0 saturated carbocycles. The molecular formula is C10H8ClNO2. The first-order valence-electron chi connectivity index (χ1n) is 4.10. The van der Waals surface area contributed by atoms with Crippen LogP contribution in [0.25, 0.3) is 0 Å². The molecule has 0 N–H and O–H groups in total. The SMILES string of the molecule is Clc1cncc(OCc2ccco2)c1. The molecule has 3 nitrogen and oxygen atoms in total. The quantitative estimate of drug-likeness (QED) is 0.780. The lowest BCUT2D eigenvalue weighted by Gasteiger charge is -2.02. The van der Waals surface area contributed by atoms with E-state index in [1.807, 2.05) is 12.1 Å². The van der Waals surface area contributed by atoms with Crippen LogP contribution < -0.4 is 4.74 Å². The maximum Gasteiger partial charge on any atom is 0.146 e. The number of rotatable bonds is 3. The van der Waals surface area contributed by atoms with Gasteiger partial charge in [-0.05, 0) is 12.1 Å². The number of halogens is 1. The van der Waals surface area contributed by atoms with Crippen molar-refractivity contribution in [3.8, 4) is 5.75 Å².